The van der Waals surface area contributed by atoms with Gasteiger partial charge >= 0.3 is 12.1 Å². The molecule has 0 bridgehead atoms. The van der Waals surface area contributed by atoms with E-state index in [1.165, 1.54) is 12.1 Å². The number of carbonyl (C=O) groups excluding carboxylic acids is 2. The zero-order valence-corrected chi connectivity index (χ0v) is 24.7. The molecular weight excluding hydrogens is 632 g/mol. The van der Waals surface area contributed by atoms with E-state index in [1.807, 2.05) is 11.4 Å². The Bertz CT molecular complexity index is 1610. The molecule has 0 aliphatic carbocycles. The molecule has 232 valence electrons. The molecule has 4 rings (SSSR count). The lowest BCUT2D eigenvalue weighted by Gasteiger charge is -2.26. The number of nitriles is 1. The molecule has 0 unspecified atom stereocenters. The summed E-state index contributed by atoms with van der Waals surface area (Å²) >= 11 is 12.9. The lowest BCUT2D eigenvalue weighted by molar-refractivity contribution is -0.143. The SMILES string of the molecule is COC(=O)[C@H](Cc1ccc(-c2c(Cl)cc(C#N)cc2Cl)c2c1CCCO2)NC(=O)c1c(F)cc(N[C@H](C)C(F)(F)F)cc1F. The zero-order valence-electron chi connectivity index (χ0n) is 23.2. The summed E-state index contributed by atoms with van der Waals surface area (Å²) in [6, 6.07) is 5.81. The van der Waals surface area contributed by atoms with Crippen LogP contribution in [0.3, 0.4) is 0 Å². The first kappa shape index (κ1) is 32.8. The molecule has 1 aliphatic rings. The van der Waals surface area contributed by atoms with Crippen LogP contribution in [0.4, 0.5) is 27.6 Å². The number of esters is 1. The molecule has 1 aliphatic heterocycles. The highest BCUT2D eigenvalue weighted by atomic mass is 35.5. The summed E-state index contributed by atoms with van der Waals surface area (Å²) < 4.78 is 79.0. The number of hydrogen-bond acceptors (Lipinski definition) is 6. The van der Waals surface area contributed by atoms with Crippen molar-refractivity contribution in [3.8, 4) is 22.9 Å². The van der Waals surface area contributed by atoms with Gasteiger partial charge in [-0.1, -0.05) is 35.3 Å². The minimum Gasteiger partial charge on any atom is -0.493 e. The molecule has 0 aromatic heterocycles. The molecule has 14 heteroatoms. The van der Waals surface area contributed by atoms with Crippen molar-refractivity contribution in [3.05, 3.63) is 80.3 Å². The summed E-state index contributed by atoms with van der Waals surface area (Å²) in [6.07, 6.45) is -3.71. The van der Waals surface area contributed by atoms with E-state index in [-0.39, 0.29) is 22.0 Å². The van der Waals surface area contributed by atoms with Gasteiger partial charge in [0, 0.05) is 23.2 Å². The quantitative estimate of drug-likeness (QED) is 0.200. The Balaban J connectivity index is 1.65. The van der Waals surface area contributed by atoms with Crippen LogP contribution in [0.1, 0.15) is 40.4 Å². The fraction of sp³-hybridized carbons (Fsp3) is 0.300. The fourth-order valence-corrected chi connectivity index (χ4v) is 5.50. The molecule has 1 amide bonds. The molecule has 3 aromatic rings. The highest BCUT2D eigenvalue weighted by Gasteiger charge is 2.36. The monoisotopic (exact) mass is 655 g/mol. The Morgan fingerprint density at radius 3 is 2.32 bits per heavy atom. The largest absolute Gasteiger partial charge is 0.493 e. The van der Waals surface area contributed by atoms with E-state index in [9.17, 15) is 36.8 Å². The number of halogens is 7. The van der Waals surface area contributed by atoms with Gasteiger partial charge in [-0.3, -0.25) is 4.79 Å². The number of ether oxygens (including phenoxy) is 2. The maximum Gasteiger partial charge on any atom is 0.408 e. The van der Waals surface area contributed by atoms with Crippen molar-refractivity contribution in [1.29, 1.82) is 5.26 Å². The molecule has 0 saturated carbocycles. The average Bonchev–Trinajstić information content (AvgIpc) is 2.95. The van der Waals surface area contributed by atoms with Gasteiger partial charge in [-0.05, 0) is 55.2 Å². The molecule has 0 saturated heterocycles. The van der Waals surface area contributed by atoms with E-state index in [1.54, 1.807) is 12.1 Å². The second-order valence-corrected chi connectivity index (χ2v) is 10.7. The molecule has 0 radical (unpaired) electrons. The van der Waals surface area contributed by atoms with Crippen LogP contribution in [0, 0.1) is 23.0 Å². The summed E-state index contributed by atoms with van der Waals surface area (Å²) in [6.45, 7) is 1.14. The summed E-state index contributed by atoms with van der Waals surface area (Å²) in [4.78, 5) is 25.7. The number of carbonyl (C=O) groups is 2. The lowest BCUT2D eigenvalue weighted by atomic mass is 9.90. The Morgan fingerprint density at radius 2 is 1.75 bits per heavy atom. The molecule has 2 N–H and O–H groups in total. The zero-order chi connectivity index (χ0) is 32.3. The molecule has 7 nitrogen and oxygen atoms in total. The highest BCUT2D eigenvalue weighted by molar-refractivity contribution is 6.39. The Hall–Kier alpha value is -4.08. The maximum absolute atomic E-state index is 14.8. The summed E-state index contributed by atoms with van der Waals surface area (Å²) in [5, 5.41) is 13.9. The van der Waals surface area contributed by atoms with Crippen molar-refractivity contribution < 1.29 is 41.0 Å². The fourth-order valence-electron chi connectivity index (χ4n) is 4.80. The predicted molar refractivity (Wildman–Crippen MR) is 153 cm³/mol. The van der Waals surface area contributed by atoms with Gasteiger partial charge in [-0.15, -0.1) is 0 Å². The summed E-state index contributed by atoms with van der Waals surface area (Å²) in [5.41, 5.74) is 0.862. The number of fused-ring (bicyclic) bond motifs is 1. The number of nitrogens with one attached hydrogen (secondary N) is 2. The average molecular weight is 656 g/mol. The minimum absolute atomic E-state index is 0.162. The summed E-state index contributed by atoms with van der Waals surface area (Å²) in [7, 11) is 1.07. The maximum atomic E-state index is 14.8. The van der Waals surface area contributed by atoms with Gasteiger partial charge in [0.25, 0.3) is 5.91 Å². The number of nitrogens with zero attached hydrogens (tertiary/aromatic N) is 1. The van der Waals surface area contributed by atoms with Crippen molar-refractivity contribution in [1.82, 2.24) is 5.32 Å². The van der Waals surface area contributed by atoms with E-state index in [0.717, 1.165) is 14.0 Å². The Morgan fingerprint density at radius 1 is 1.11 bits per heavy atom. The Labute approximate surface area is 258 Å². The van der Waals surface area contributed by atoms with Crippen LogP contribution in [-0.2, 0) is 22.4 Å². The van der Waals surface area contributed by atoms with Crippen LogP contribution in [-0.4, -0.2) is 43.9 Å². The normalized spacial score (nSPS) is 14.0. The van der Waals surface area contributed by atoms with E-state index >= 15 is 0 Å². The first-order valence-corrected chi connectivity index (χ1v) is 13.9. The van der Waals surface area contributed by atoms with Gasteiger partial charge in [0.2, 0.25) is 0 Å². The van der Waals surface area contributed by atoms with Crippen LogP contribution >= 0.6 is 23.2 Å². The first-order valence-electron chi connectivity index (χ1n) is 13.1. The molecule has 2 atom stereocenters. The van der Waals surface area contributed by atoms with Gasteiger partial charge in [0.15, 0.2) is 0 Å². The van der Waals surface area contributed by atoms with E-state index < -0.39 is 53.0 Å². The molecule has 44 heavy (non-hydrogen) atoms. The van der Waals surface area contributed by atoms with E-state index in [0.29, 0.717) is 59.6 Å². The molecular formula is C30H24Cl2F5N3O4. The second kappa shape index (κ2) is 13.3. The van der Waals surface area contributed by atoms with Crippen molar-refractivity contribution in [3.63, 3.8) is 0 Å². The standard InChI is InChI=1S/C30H24Cl2F5N3O4/c1-14(30(35,36)37)39-17-11-22(33)26(23(34)12-17)28(41)40-24(29(42)43-2)10-16-5-6-19(27-18(16)4-3-7-44-27)25-20(31)8-15(13-38)9-21(25)32/h5-6,8-9,11-12,14,24,39H,3-4,7,10H2,1-2H3,(H,40,41)/t14-,24+/m1/s1. The number of alkyl halides is 3. The van der Waals surface area contributed by atoms with Crippen LogP contribution in [0.5, 0.6) is 5.75 Å². The van der Waals surface area contributed by atoms with Gasteiger partial charge in [-0.2, -0.15) is 18.4 Å². The molecule has 1 heterocycles. The smallest absolute Gasteiger partial charge is 0.408 e. The topological polar surface area (TPSA) is 100 Å². The molecule has 3 aromatic carbocycles. The number of methoxy groups -OCH3 is 1. The lowest BCUT2D eigenvalue weighted by Crippen LogP contribution is -2.44. The van der Waals surface area contributed by atoms with Crippen molar-refractivity contribution >= 4 is 40.8 Å². The van der Waals surface area contributed by atoms with E-state index in [4.69, 9.17) is 32.7 Å². The third kappa shape index (κ3) is 7.00. The van der Waals surface area contributed by atoms with Crippen LogP contribution in [0.25, 0.3) is 11.1 Å². The minimum atomic E-state index is -4.68. The number of amides is 1. The number of hydrogen-bond donors (Lipinski definition) is 2. The molecule has 0 fully saturated rings. The van der Waals surface area contributed by atoms with Gasteiger partial charge in [0.1, 0.15) is 35.0 Å². The Kier molecular flexibility index (Phi) is 9.91. The highest BCUT2D eigenvalue weighted by Crippen LogP contribution is 2.44. The van der Waals surface area contributed by atoms with Crippen molar-refractivity contribution in [2.24, 2.45) is 0 Å². The van der Waals surface area contributed by atoms with Crippen molar-refractivity contribution in [2.45, 2.75) is 44.4 Å². The van der Waals surface area contributed by atoms with Gasteiger partial charge in [-0.25, -0.2) is 13.6 Å². The second-order valence-electron chi connectivity index (χ2n) is 9.93. The first-order chi connectivity index (χ1) is 20.7. The van der Waals surface area contributed by atoms with Gasteiger partial charge < -0.3 is 20.1 Å². The number of rotatable bonds is 8. The van der Waals surface area contributed by atoms with Crippen molar-refractivity contribution in [2.75, 3.05) is 19.0 Å². The van der Waals surface area contributed by atoms with Crippen LogP contribution in [0.15, 0.2) is 36.4 Å². The third-order valence-electron chi connectivity index (χ3n) is 6.97. The number of anilines is 1. The summed E-state index contributed by atoms with van der Waals surface area (Å²) in [5.74, 6) is -4.66. The third-order valence-corrected chi connectivity index (χ3v) is 7.57. The van der Waals surface area contributed by atoms with Crippen LogP contribution in [0.2, 0.25) is 10.0 Å². The number of benzene rings is 3. The van der Waals surface area contributed by atoms with E-state index in [2.05, 4.69) is 5.32 Å². The van der Waals surface area contributed by atoms with Gasteiger partial charge in [0.05, 0.1) is 35.4 Å². The predicted octanol–water partition coefficient (Wildman–Crippen LogP) is 7.01. The van der Waals surface area contributed by atoms with Crippen LogP contribution < -0.4 is 15.4 Å². The molecule has 0 spiro atoms.